The van der Waals surface area contributed by atoms with Crippen molar-refractivity contribution >= 4 is 29.2 Å². The van der Waals surface area contributed by atoms with E-state index >= 15 is 0 Å². The molecule has 0 aromatic carbocycles. The zero-order valence-corrected chi connectivity index (χ0v) is 12.1. The van der Waals surface area contributed by atoms with Crippen LogP contribution in [0.2, 0.25) is 5.02 Å². The number of rotatable bonds is 3. The van der Waals surface area contributed by atoms with E-state index in [4.69, 9.17) is 21.9 Å². The SMILES string of the molecule is Cc1onc(C(N)=O)c1C(=O)Nc1ncc(C(F)(F)F)cc1Cl. The summed E-state index contributed by atoms with van der Waals surface area (Å²) in [7, 11) is 0. The summed E-state index contributed by atoms with van der Waals surface area (Å²) in [5.74, 6) is -2.22. The molecule has 2 aromatic heterocycles. The third-order valence-electron chi connectivity index (χ3n) is 2.72. The number of nitrogens with one attached hydrogen (secondary N) is 1. The minimum absolute atomic E-state index is 0.000617. The Labute approximate surface area is 131 Å². The molecule has 2 heterocycles. The number of aryl methyl sites for hydroxylation is 1. The largest absolute Gasteiger partial charge is 0.417 e. The normalized spacial score (nSPS) is 11.3. The van der Waals surface area contributed by atoms with Crippen molar-refractivity contribution in [2.75, 3.05) is 5.32 Å². The maximum Gasteiger partial charge on any atom is 0.417 e. The molecule has 122 valence electrons. The molecular weight excluding hydrogens is 341 g/mol. The Kier molecular flexibility index (Phi) is 4.28. The van der Waals surface area contributed by atoms with Crippen molar-refractivity contribution in [2.24, 2.45) is 5.73 Å². The van der Waals surface area contributed by atoms with E-state index in [1.54, 1.807) is 0 Å². The number of carbonyl (C=O) groups is 2. The van der Waals surface area contributed by atoms with Crippen LogP contribution in [-0.4, -0.2) is 22.0 Å². The van der Waals surface area contributed by atoms with Gasteiger partial charge in [0, 0.05) is 6.20 Å². The third-order valence-corrected chi connectivity index (χ3v) is 3.01. The van der Waals surface area contributed by atoms with Crippen LogP contribution >= 0.6 is 11.6 Å². The number of nitrogens with two attached hydrogens (primary N) is 1. The summed E-state index contributed by atoms with van der Waals surface area (Å²) in [6.45, 7) is 1.36. The zero-order chi connectivity index (χ0) is 17.4. The summed E-state index contributed by atoms with van der Waals surface area (Å²) in [6, 6.07) is 0.611. The van der Waals surface area contributed by atoms with Crippen molar-refractivity contribution in [1.29, 1.82) is 0 Å². The summed E-state index contributed by atoms with van der Waals surface area (Å²) >= 11 is 5.68. The first kappa shape index (κ1) is 16.7. The number of hydrogen-bond donors (Lipinski definition) is 2. The van der Waals surface area contributed by atoms with Crippen molar-refractivity contribution < 1.29 is 27.3 Å². The highest BCUT2D eigenvalue weighted by molar-refractivity contribution is 6.33. The fourth-order valence-corrected chi connectivity index (χ4v) is 1.88. The average molecular weight is 349 g/mol. The van der Waals surface area contributed by atoms with E-state index in [1.807, 2.05) is 0 Å². The van der Waals surface area contributed by atoms with Gasteiger partial charge in [0.05, 0.1) is 10.6 Å². The second-order valence-corrected chi connectivity index (χ2v) is 4.74. The topological polar surface area (TPSA) is 111 Å². The lowest BCUT2D eigenvalue weighted by Gasteiger charge is -2.10. The molecule has 0 unspecified atom stereocenters. The summed E-state index contributed by atoms with van der Waals surface area (Å²) < 4.78 is 42.3. The summed E-state index contributed by atoms with van der Waals surface area (Å²) in [5, 5.41) is 5.08. The van der Waals surface area contributed by atoms with Gasteiger partial charge in [-0.25, -0.2) is 4.98 Å². The Bertz CT molecular complexity index is 788. The number of alkyl halides is 3. The second kappa shape index (κ2) is 5.88. The predicted octanol–water partition coefficient (Wildman–Crippen LogP) is 2.40. The smallest absolute Gasteiger partial charge is 0.364 e. The minimum Gasteiger partial charge on any atom is -0.364 e. The summed E-state index contributed by atoms with van der Waals surface area (Å²) in [4.78, 5) is 26.7. The molecule has 2 aromatic rings. The van der Waals surface area contributed by atoms with Crippen molar-refractivity contribution in [3.63, 3.8) is 0 Å². The van der Waals surface area contributed by atoms with Crippen LogP contribution in [0.25, 0.3) is 0 Å². The predicted molar refractivity (Wildman–Crippen MR) is 72.0 cm³/mol. The number of amides is 2. The summed E-state index contributed by atoms with van der Waals surface area (Å²) in [6.07, 6.45) is -4.11. The quantitative estimate of drug-likeness (QED) is 0.884. The molecule has 0 bridgehead atoms. The van der Waals surface area contributed by atoms with Gasteiger partial charge >= 0.3 is 6.18 Å². The fraction of sp³-hybridized carbons (Fsp3) is 0.167. The second-order valence-electron chi connectivity index (χ2n) is 4.33. The van der Waals surface area contributed by atoms with E-state index in [9.17, 15) is 22.8 Å². The molecule has 2 amide bonds. The number of carbonyl (C=O) groups excluding carboxylic acids is 2. The van der Waals surface area contributed by atoms with Crippen LogP contribution in [-0.2, 0) is 6.18 Å². The van der Waals surface area contributed by atoms with Gasteiger partial charge in [0.2, 0.25) is 0 Å². The van der Waals surface area contributed by atoms with Crippen molar-refractivity contribution in [1.82, 2.24) is 10.1 Å². The van der Waals surface area contributed by atoms with Gasteiger partial charge in [0.15, 0.2) is 11.5 Å². The highest BCUT2D eigenvalue weighted by Crippen LogP contribution is 2.32. The van der Waals surface area contributed by atoms with Crippen LogP contribution in [0.3, 0.4) is 0 Å². The Morgan fingerprint density at radius 3 is 2.57 bits per heavy atom. The first-order valence-electron chi connectivity index (χ1n) is 5.91. The van der Waals surface area contributed by atoms with Crippen LogP contribution in [0, 0.1) is 6.92 Å². The van der Waals surface area contributed by atoms with Gasteiger partial charge in [0.1, 0.15) is 11.3 Å². The number of pyridine rings is 1. The molecule has 2 rings (SSSR count). The van der Waals surface area contributed by atoms with Crippen molar-refractivity contribution in [2.45, 2.75) is 13.1 Å². The van der Waals surface area contributed by atoms with E-state index in [2.05, 4.69) is 15.5 Å². The van der Waals surface area contributed by atoms with Gasteiger partial charge in [-0.15, -0.1) is 0 Å². The number of nitrogens with zero attached hydrogens (tertiary/aromatic N) is 2. The van der Waals surface area contributed by atoms with Crippen LogP contribution in [0.4, 0.5) is 19.0 Å². The molecule has 0 fully saturated rings. The Morgan fingerprint density at radius 2 is 2.04 bits per heavy atom. The molecular formula is C12H8ClF3N4O3. The van der Waals surface area contributed by atoms with Crippen LogP contribution in [0.1, 0.15) is 32.2 Å². The molecule has 0 radical (unpaired) electrons. The number of primary amides is 1. The number of anilines is 1. The molecule has 23 heavy (non-hydrogen) atoms. The van der Waals surface area contributed by atoms with E-state index < -0.39 is 34.3 Å². The molecule has 0 aliphatic heterocycles. The van der Waals surface area contributed by atoms with E-state index in [0.717, 1.165) is 0 Å². The minimum atomic E-state index is -4.62. The van der Waals surface area contributed by atoms with Gasteiger partial charge < -0.3 is 15.6 Å². The van der Waals surface area contributed by atoms with Gasteiger partial charge in [-0.1, -0.05) is 16.8 Å². The summed E-state index contributed by atoms with van der Waals surface area (Å²) in [5.41, 5.74) is 3.31. The molecule has 11 heteroatoms. The van der Waals surface area contributed by atoms with Gasteiger partial charge in [0.25, 0.3) is 11.8 Å². The lowest BCUT2D eigenvalue weighted by atomic mass is 10.1. The fourth-order valence-electron chi connectivity index (χ4n) is 1.66. The lowest BCUT2D eigenvalue weighted by molar-refractivity contribution is -0.137. The average Bonchev–Trinajstić information content (AvgIpc) is 2.82. The molecule has 0 saturated carbocycles. The highest BCUT2D eigenvalue weighted by Gasteiger charge is 2.32. The van der Waals surface area contributed by atoms with Crippen molar-refractivity contribution in [3.8, 4) is 0 Å². The van der Waals surface area contributed by atoms with Crippen molar-refractivity contribution in [3.05, 3.63) is 39.9 Å². The number of halogens is 4. The Morgan fingerprint density at radius 1 is 1.39 bits per heavy atom. The van der Waals surface area contributed by atoms with E-state index in [0.29, 0.717) is 12.3 Å². The highest BCUT2D eigenvalue weighted by atomic mass is 35.5. The van der Waals surface area contributed by atoms with E-state index in [1.165, 1.54) is 6.92 Å². The molecule has 0 aliphatic carbocycles. The first-order chi connectivity index (χ1) is 10.6. The Balaban J connectivity index is 2.32. The van der Waals surface area contributed by atoms with Crippen LogP contribution < -0.4 is 11.1 Å². The maximum absolute atomic E-state index is 12.5. The number of aromatic nitrogens is 2. The monoisotopic (exact) mass is 348 g/mol. The van der Waals surface area contributed by atoms with Gasteiger partial charge in [-0.3, -0.25) is 9.59 Å². The third kappa shape index (κ3) is 3.42. The molecule has 0 aliphatic rings. The van der Waals surface area contributed by atoms with E-state index in [-0.39, 0.29) is 17.1 Å². The van der Waals surface area contributed by atoms with Crippen LogP contribution in [0.15, 0.2) is 16.8 Å². The maximum atomic E-state index is 12.5. The van der Waals surface area contributed by atoms with Gasteiger partial charge in [-0.2, -0.15) is 13.2 Å². The number of hydrogen-bond acceptors (Lipinski definition) is 5. The molecule has 0 saturated heterocycles. The zero-order valence-electron chi connectivity index (χ0n) is 11.4. The standard InChI is InChI=1S/C12H8ClF3N4O3/c1-4-7(8(9(17)21)20-23-4)11(22)19-10-6(13)2-5(3-18-10)12(14,15)16/h2-3H,1H3,(H2,17,21)(H,18,19,22). The Hall–Kier alpha value is -2.62. The van der Waals surface area contributed by atoms with Crippen LogP contribution in [0.5, 0.6) is 0 Å². The molecule has 0 atom stereocenters. The lowest BCUT2D eigenvalue weighted by Crippen LogP contribution is -2.21. The molecule has 3 N–H and O–H groups in total. The first-order valence-corrected chi connectivity index (χ1v) is 6.29. The molecule has 7 nitrogen and oxygen atoms in total. The van der Waals surface area contributed by atoms with Gasteiger partial charge in [-0.05, 0) is 13.0 Å². The molecule has 0 spiro atoms.